The lowest BCUT2D eigenvalue weighted by molar-refractivity contribution is -0.121. The minimum absolute atomic E-state index is 0. The van der Waals surface area contributed by atoms with Crippen LogP contribution in [0.4, 0.5) is 4.39 Å². The molecule has 0 saturated carbocycles. The lowest BCUT2D eigenvalue weighted by atomic mass is 10.0. The monoisotopic (exact) mass is 410 g/mol. The first-order valence-electron chi connectivity index (χ1n) is 5.79. The van der Waals surface area contributed by atoms with Crippen LogP contribution in [0.25, 0.3) is 0 Å². The Balaban J connectivity index is 0. The van der Waals surface area contributed by atoms with E-state index in [9.17, 15) is 22.7 Å². The molecule has 23 heavy (non-hydrogen) atoms. The maximum atomic E-state index is 12.9. The normalized spacial score (nSPS) is 13.5. The molecule has 0 spiro atoms. The Bertz CT molecular complexity index is 599. The minimum atomic E-state index is -3.36. The van der Waals surface area contributed by atoms with Crippen LogP contribution < -0.4 is 11.5 Å². The highest BCUT2D eigenvalue weighted by Gasteiger charge is 2.25. The van der Waals surface area contributed by atoms with Crippen LogP contribution in [0, 0.1) is 0 Å². The molecule has 0 saturated heterocycles. The van der Waals surface area contributed by atoms with Crippen LogP contribution in [0.15, 0.2) is 29.2 Å². The van der Waals surface area contributed by atoms with E-state index in [0.29, 0.717) is 0 Å². The van der Waals surface area contributed by atoms with Crippen molar-refractivity contribution in [3.8, 4) is 0 Å². The third-order valence-electron chi connectivity index (χ3n) is 2.72. The van der Waals surface area contributed by atoms with Gasteiger partial charge in [-0.2, -0.15) is 0 Å². The first-order chi connectivity index (χ1) is 9.66. The summed E-state index contributed by atoms with van der Waals surface area (Å²) < 4.78 is 35.6. The molecule has 0 heterocycles. The summed E-state index contributed by atoms with van der Waals surface area (Å²) in [5.74, 6) is -0.826. The number of halogens is 4. The van der Waals surface area contributed by atoms with Gasteiger partial charge in [0.2, 0.25) is 0 Å². The molecule has 0 aromatic heterocycles. The molecular weight excluding hydrogens is 394 g/mol. The molecule has 2 atom stereocenters. The second kappa shape index (κ2) is 10.3. The molecule has 0 aliphatic carbocycles. The summed E-state index contributed by atoms with van der Waals surface area (Å²) >= 11 is 10.7. The van der Waals surface area contributed by atoms with E-state index >= 15 is 0 Å². The van der Waals surface area contributed by atoms with E-state index in [1.807, 2.05) is 0 Å². The number of aliphatic hydroxyl groups is 1. The maximum Gasteiger partial charge on any atom is 0.253 e. The van der Waals surface area contributed by atoms with Crippen molar-refractivity contribution in [2.45, 2.75) is 21.9 Å². The fourth-order valence-electron chi connectivity index (χ4n) is 1.59. The Morgan fingerprint density at radius 3 is 2.13 bits per heavy atom. The predicted molar refractivity (Wildman–Crippen MR) is 90.2 cm³/mol. The molecule has 6 nitrogen and oxygen atoms in total. The van der Waals surface area contributed by atoms with Crippen LogP contribution in [0.3, 0.4) is 0 Å². The number of hydrogen-bond acceptors (Lipinski definition) is 5. The fourth-order valence-corrected chi connectivity index (χ4v) is 2.35. The van der Waals surface area contributed by atoms with Gasteiger partial charge in [0, 0.05) is 6.26 Å². The first-order valence-corrected chi connectivity index (χ1v) is 8.55. The zero-order valence-corrected chi connectivity index (χ0v) is 15.2. The lowest BCUT2D eigenvalue weighted by Crippen LogP contribution is -2.43. The highest BCUT2D eigenvalue weighted by atomic mass is 35.5. The standard InChI is InChI=1S/C12H14Cl2FNO4S.ClH.H3N/c1-21(19,20)8-4-2-7(3-5-8)10(17)9(6-15)16-12(18)11(13)14;;/h2-5,9-11,17H,6H2,1H3,(H,16,18);1H;1H3/t9-,10-;;/m1../s1. The molecule has 1 amide bonds. The van der Waals surface area contributed by atoms with Crippen LogP contribution >= 0.6 is 35.6 Å². The van der Waals surface area contributed by atoms with E-state index < -0.39 is 39.4 Å². The first kappa shape index (κ1) is 24.6. The molecule has 1 rings (SSSR count). The SMILES string of the molecule is CS(=O)(=O)c1ccc([C@@H](O)[C@@H](CF)NC(=O)C(Cl)Cl)cc1.Cl.N. The zero-order chi connectivity index (χ0) is 16.2. The number of aliphatic hydroxyl groups excluding tert-OH is 1. The highest BCUT2D eigenvalue weighted by molar-refractivity contribution is 7.90. The second-order valence-corrected chi connectivity index (χ2v) is 7.47. The number of nitrogens with one attached hydrogen (secondary N) is 1. The van der Waals surface area contributed by atoms with Gasteiger partial charge in [-0.15, -0.1) is 12.4 Å². The van der Waals surface area contributed by atoms with Crippen molar-refractivity contribution in [2.75, 3.05) is 12.9 Å². The summed E-state index contributed by atoms with van der Waals surface area (Å²) in [4.78, 5) is 10.00. The molecule has 134 valence electrons. The summed E-state index contributed by atoms with van der Waals surface area (Å²) in [5.41, 5.74) is 0.256. The third kappa shape index (κ3) is 7.19. The quantitative estimate of drug-likeness (QED) is 0.618. The van der Waals surface area contributed by atoms with Gasteiger partial charge >= 0.3 is 0 Å². The maximum absolute atomic E-state index is 12.9. The van der Waals surface area contributed by atoms with Crippen molar-refractivity contribution in [1.82, 2.24) is 11.5 Å². The number of alkyl halides is 3. The smallest absolute Gasteiger partial charge is 0.253 e. The molecule has 5 N–H and O–H groups in total. The predicted octanol–water partition coefficient (Wildman–Crippen LogP) is 1.97. The van der Waals surface area contributed by atoms with Crippen LogP contribution in [-0.2, 0) is 14.6 Å². The van der Waals surface area contributed by atoms with Gasteiger partial charge in [0.25, 0.3) is 5.91 Å². The van der Waals surface area contributed by atoms with Crippen molar-refractivity contribution < 1.29 is 22.7 Å². The molecule has 1 aromatic rings. The van der Waals surface area contributed by atoms with Crippen molar-refractivity contribution in [1.29, 1.82) is 0 Å². The molecular formula is C12H18Cl3FN2O4S. The van der Waals surface area contributed by atoms with Crippen LogP contribution in [0.5, 0.6) is 0 Å². The van der Waals surface area contributed by atoms with Gasteiger partial charge in [-0.25, -0.2) is 12.8 Å². The number of sulfone groups is 1. The molecule has 0 fully saturated rings. The average molecular weight is 412 g/mol. The average Bonchev–Trinajstić information content (AvgIpc) is 2.42. The van der Waals surface area contributed by atoms with Crippen LogP contribution in [0.1, 0.15) is 11.7 Å². The Morgan fingerprint density at radius 2 is 1.78 bits per heavy atom. The van der Waals surface area contributed by atoms with Gasteiger partial charge < -0.3 is 16.6 Å². The Kier molecular flexibility index (Phi) is 11.0. The van der Waals surface area contributed by atoms with Gasteiger partial charge in [0.15, 0.2) is 14.7 Å². The molecule has 1 aromatic carbocycles. The molecule has 0 radical (unpaired) electrons. The van der Waals surface area contributed by atoms with Crippen molar-refractivity contribution in [2.24, 2.45) is 0 Å². The number of carbonyl (C=O) groups is 1. The third-order valence-corrected chi connectivity index (χ3v) is 4.25. The highest BCUT2D eigenvalue weighted by Crippen LogP contribution is 2.20. The Hall–Kier alpha value is -0.640. The number of hydrogen-bond donors (Lipinski definition) is 3. The summed E-state index contributed by atoms with van der Waals surface area (Å²) in [5, 5.41) is 12.2. The molecule has 0 bridgehead atoms. The fraction of sp³-hybridized carbons (Fsp3) is 0.417. The van der Waals surface area contributed by atoms with Gasteiger partial charge in [-0.1, -0.05) is 35.3 Å². The summed E-state index contributed by atoms with van der Waals surface area (Å²) in [6.45, 7) is -1.04. The second-order valence-electron chi connectivity index (χ2n) is 4.36. The topological polar surface area (TPSA) is 118 Å². The number of amides is 1. The van der Waals surface area contributed by atoms with Gasteiger partial charge in [0.05, 0.1) is 10.9 Å². The Labute approximate surface area is 150 Å². The minimum Gasteiger partial charge on any atom is -0.386 e. The van der Waals surface area contributed by atoms with E-state index in [-0.39, 0.29) is 29.0 Å². The molecule has 0 unspecified atom stereocenters. The van der Waals surface area contributed by atoms with Crippen LogP contribution in [0.2, 0.25) is 0 Å². The zero-order valence-electron chi connectivity index (χ0n) is 12.1. The lowest BCUT2D eigenvalue weighted by Gasteiger charge is -2.22. The largest absolute Gasteiger partial charge is 0.386 e. The summed E-state index contributed by atoms with van der Waals surface area (Å²) in [6.07, 6.45) is -0.316. The van der Waals surface area contributed by atoms with Gasteiger partial charge in [-0.05, 0) is 17.7 Å². The van der Waals surface area contributed by atoms with E-state index in [0.717, 1.165) is 6.26 Å². The Morgan fingerprint density at radius 1 is 1.30 bits per heavy atom. The summed E-state index contributed by atoms with van der Waals surface area (Å²) in [7, 11) is -3.36. The van der Waals surface area contributed by atoms with E-state index in [4.69, 9.17) is 23.2 Å². The number of carbonyl (C=O) groups excluding carboxylic acids is 1. The van der Waals surface area contributed by atoms with Crippen LogP contribution in [-0.4, -0.2) is 43.2 Å². The number of rotatable bonds is 6. The van der Waals surface area contributed by atoms with E-state index in [1.165, 1.54) is 24.3 Å². The summed E-state index contributed by atoms with van der Waals surface area (Å²) in [6, 6.07) is 4.03. The van der Waals surface area contributed by atoms with Gasteiger partial charge in [-0.3, -0.25) is 4.79 Å². The van der Waals surface area contributed by atoms with Crippen molar-refractivity contribution in [3.05, 3.63) is 29.8 Å². The number of benzene rings is 1. The van der Waals surface area contributed by atoms with Gasteiger partial charge in [0.1, 0.15) is 12.8 Å². The van der Waals surface area contributed by atoms with E-state index in [2.05, 4.69) is 5.32 Å². The van der Waals surface area contributed by atoms with Crippen molar-refractivity contribution in [3.63, 3.8) is 0 Å². The van der Waals surface area contributed by atoms with E-state index in [1.54, 1.807) is 0 Å². The van der Waals surface area contributed by atoms with Crippen molar-refractivity contribution >= 4 is 51.4 Å². The molecule has 0 aliphatic heterocycles. The molecule has 0 aliphatic rings. The molecule has 11 heteroatoms.